The van der Waals surface area contributed by atoms with Crippen LogP contribution in [-0.2, 0) is 23.9 Å². The van der Waals surface area contributed by atoms with Crippen LogP contribution in [0.3, 0.4) is 0 Å². The van der Waals surface area contributed by atoms with E-state index in [1.807, 2.05) is 0 Å². The summed E-state index contributed by atoms with van der Waals surface area (Å²) in [5.41, 5.74) is 0. The van der Waals surface area contributed by atoms with Crippen molar-refractivity contribution in [1.29, 1.82) is 0 Å². The molecule has 0 rings (SSSR count). The van der Waals surface area contributed by atoms with E-state index in [-0.39, 0.29) is 46.8 Å². The molecule has 6 heavy (non-hydrogen) atoms. The molecule has 0 aromatic carbocycles. The fourth-order valence-electron chi connectivity index (χ4n) is 0. The Morgan fingerprint density at radius 3 is 1.33 bits per heavy atom. The Labute approximate surface area is 69.6 Å². The smallest absolute Gasteiger partial charge is 0 e. The van der Waals surface area contributed by atoms with E-state index >= 15 is 0 Å². The second kappa shape index (κ2) is 9.48. The van der Waals surface area contributed by atoms with Crippen LogP contribution in [0.4, 0.5) is 0 Å². The summed E-state index contributed by atoms with van der Waals surface area (Å²) in [5.74, 6) is 0. The summed E-state index contributed by atoms with van der Waals surface area (Å²) in [6.45, 7) is 0. The van der Waals surface area contributed by atoms with Crippen LogP contribution in [0.2, 0.25) is 0 Å². The van der Waals surface area contributed by atoms with Crippen LogP contribution in [0.25, 0.3) is 0 Å². The van der Waals surface area contributed by atoms with E-state index in [1.165, 1.54) is 0 Å². The monoisotopic (exact) mass is 352 g/mol. The zero-order valence-electron chi connectivity index (χ0n) is 3.22. The Balaban J connectivity index is -0.0000000450. The molecule has 0 spiro atoms. The van der Waals surface area contributed by atoms with Crippen LogP contribution in [-0.4, -0.2) is 46.1 Å². The summed E-state index contributed by atoms with van der Waals surface area (Å²) in [7, 11) is -3.13. The van der Waals surface area contributed by atoms with Crippen molar-refractivity contribution < 1.29 is 33.5 Å². The Morgan fingerprint density at radius 2 is 1.33 bits per heavy atom. The van der Waals surface area contributed by atoms with Gasteiger partial charge in [0.2, 0.25) is 0 Å². The maximum Gasteiger partial charge on any atom is 0 e. The Kier molecular flexibility index (Phi) is 24.8. The molecule has 2 radical (unpaired) electrons. The maximum absolute atomic E-state index is 8.74. The molecular weight excluding hydrogens is 349 g/mol. The third-order valence-electron chi connectivity index (χ3n) is 0. The standard InChI is InChI=1S/H2O3Si.Pb.Zn.2H/c1-4(2)3;;;;/h1-2H;;;;. The van der Waals surface area contributed by atoms with Crippen molar-refractivity contribution in [2.75, 3.05) is 0 Å². The molecule has 0 aliphatic rings. The van der Waals surface area contributed by atoms with E-state index in [9.17, 15) is 0 Å². The first-order valence-corrected chi connectivity index (χ1v) is 1.95. The average Bonchev–Trinajstić information content (AvgIpc) is 0.811. The molecule has 0 bridgehead atoms. The van der Waals surface area contributed by atoms with Crippen LogP contribution in [0.5, 0.6) is 0 Å². The zero-order chi connectivity index (χ0) is 3.58. The number of rotatable bonds is 0. The third kappa shape index (κ3) is 66.2. The fraction of sp³-hybridized carbons (Fsp3) is 0. The number of hydrogen-bond donors (Lipinski definition) is 2. The predicted molar refractivity (Wildman–Crippen MR) is 19.4 cm³/mol. The van der Waals surface area contributed by atoms with Gasteiger partial charge in [0.1, 0.15) is 0 Å². The molecule has 2 N–H and O–H groups in total. The molecule has 32 valence electrons. The molecule has 3 nitrogen and oxygen atoms in total. The van der Waals surface area contributed by atoms with Crippen LogP contribution in [0, 0.1) is 0 Å². The first kappa shape index (κ1) is 15.7. The molecule has 0 aromatic heterocycles. The van der Waals surface area contributed by atoms with Gasteiger partial charge in [-0.1, -0.05) is 0 Å². The molecule has 0 aromatic rings. The molecule has 0 saturated carbocycles. The van der Waals surface area contributed by atoms with Gasteiger partial charge in [-0.25, -0.2) is 0 Å². The van der Waals surface area contributed by atoms with Gasteiger partial charge in [-0.05, 0) is 0 Å². The van der Waals surface area contributed by atoms with Gasteiger partial charge in [0.05, 0.1) is 0 Å². The molecule has 0 amide bonds. The summed E-state index contributed by atoms with van der Waals surface area (Å²) in [5, 5.41) is 0. The minimum absolute atomic E-state index is 0. The van der Waals surface area contributed by atoms with E-state index < -0.39 is 9.17 Å². The zero-order valence-corrected chi connectivity index (χ0v) is 12.7. The number of hydrogen-bond acceptors (Lipinski definition) is 1. The van der Waals surface area contributed by atoms with Crippen molar-refractivity contribution in [2.24, 2.45) is 0 Å². The third-order valence-corrected chi connectivity index (χ3v) is 0. The minimum atomic E-state index is -3.13. The van der Waals surface area contributed by atoms with Crippen LogP contribution < -0.4 is 0 Å². The molecule has 0 atom stereocenters. The van der Waals surface area contributed by atoms with Gasteiger partial charge in [0, 0.05) is 19.5 Å². The van der Waals surface area contributed by atoms with Crippen molar-refractivity contribution in [3.05, 3.63) is 0 Å². The van der Waals surface area contributed by atoms with Gasteiger partial charge >= 0.3 is 36.5 Å². The van der Waals surface area contributed by atoms with Crippen molar-refractivity contribution in [2.45, 2.75) is 0 Å². The van der Waals surface area contributed by atoms with E-state index in [1.54, 1.807) is 0 Å². The van der Waals surface area contributed by atoms with Crippen molar-refractivity contribution in [1.82, 2.24) is 0 Å². The molecule has 0 fully saturated rings. The molecule has 0 aliphatic heterocycles. The van der Waals surface area contributed by atoms with Gasteiger partial charge in [-0.2, -0.15) is 0 Å². The van der Waals surface area contributed by atoms with Crippen LogP contribution in [0.1, 0.15) is 0 Å². The second-order valence-electron chi connectivity index (χ2n) is 0.283. The Hall–Kier alpha value is 1.16. The maximum atomic E-state index is 8.74. The summed E-state index contributed by atoms with van der Waals surface area (Å²) >= 11 is 0. The quantitative estimate of drug-likeness (QED) is 0.473. The molecule has 0 heterocycles. The van der Waals surface area contributed by atoms with E-state index in [2.05, 4.69) is 0 Å². The van der Waals surface area contributed by atoms with Crippen molar-refractivity contribution >= 4 is 36.5 Å². The van der Waals surface area contributed by atoms with Crippen LogP contribution >= 0.6 is 0 Å². The summed E-state index contributed by atoms with van der Waals surface area (Å²) in [6, 6.07) is 0. The van der Waals surface area contributed by atoms with E-state index in [0.717, 1.165) is 0 Å². The first-order valence-electron chi connectivity index (χ1n) is 0.651. The summed E-state index contributed by atoms with van der Waals surface area (Å²) in [4.78, 5) is 14.3. The van der Waals surface area contributed by atoms with Gasteiger partial charge in [0.15, 0.2) is 0 Å². The second-order valence-corrected chi connectivity index (χ2v) is 0.848. The molecule has 0 unspecified atom stereocenters. The van der Waals surface area contributed by atoms with Crippen molar-refractivity contribution in [3.63, 3.8) is 0 Å². The average molecular weight is 353 g/mol. The minimum Gasteiger partial charge on any atom is 0 e. The summed E-state index contributed by atoms with van der Waals surface area (Å²) < 4.78 is 8.74. The molecule has 0 saturated heterocycles. The molecule has 0 aliphatic carbocycles. The SMILES string of the molecule is O=[Si](O)O.[PbH2].[Zn]. The first-order chi connectivity index (χ1) is 1.73. The van der Waals surface area contributed by atoms with Gasteiger partial charge in [-0.3, -0.25) is 4.46 Å². The Morgan fingerprint density at radius 1 is 1.33 bits per heavy atom. The molecular formula is H4O3PbSiZn. The molecule has 6 heteroatoms. The Bertz CT molecular complexity index is 33.8. The normalized spacial score (nSPS) is 4.00. The predicted octanol–water partition coefficient (Wildman–Crippen LogP) is -2.53. The summed E-state index contributed by atoms with van der Waals surface area (Å²) in [6.07, 6.45) is 0. The van der Waals surface area contributed by atoms with Gasteiger partial charge in [0.25, 0.3) is 0 Å². The van der Waals surface area contributed by atoms with Crippen LogP contribution in [0.15, 0.2) is 0 Å². The fourth-order valence-corrected chi connectivity index (χ4v) is 0. The van der Waals surface area contributed by atoms with E-state index in [0.29, 0.717) is 0 Å². The largest absolute Gasteiger partial charge is 0 e. The van der Waals surface area contributed by atoms with Crippen molar-refractivity contribution in [3.8, 4) is 0 Å². The van der Waals surface area contributed by atoms with E-state index in [4.69, 9.17) is 14.1 Å². The van der Waals surface area contributed by atoms with Gasteiger partial charge in [-0.15, -0.1) is 0 Å². The van der Waals surface area contributed by atoms with Gasteiger partial charge < -0.3 is 9.59 Å². The topological polar surface area (TPSA) is 57.5 Å².